The van der Waals surface area contributed by atoms with E-state index in [0.29, 0.717) is 6.54 Å². The van der Waals surface area contributed by atoms with Gasteiger partial charge in [-0.2, -0.15) is 5.10 Å². The molecule has 0 aliphatic rings. The molecular weight excluding hydrogens is 336 g/mol. The molecule has 5 nitrogen and oxygen atoms in total. The molecule has 0 spiro atoms. The van der Waals surface area contributed by atoms with E-state index in [1.54, 1.807) is 4.90 Å². The molecule has 3 rings (SSSR count). The summed E-state index contributed by atoms with van der Waals surface area (Å²) in [5, 5.41) is 7.46. The fourth-order valence-electron chi connectivity index (χ4n) is 2.88. The fraction of sp³-hybridized carbons (Fsp3) is 0.273. The summed E-state index contributed by atoms with van der Waals surface area (Å²) >= 11 is 0. The third-order valence-corrected chi connectivity index (χ3v) is 4.61. The highest BCUT2D eigenvalue weighted by atomic mass is 16.2. The van der Waals surface area contributed by atoms with E-state index in [0.717, 1.165) is 18.5 Å². The maximum atomic E-state index is 12.4. The molecule has 1 unspecified atom stereocenters. The Kier molecular flexibility index (Phi) is 6.26. The van der Waals surface area contributed by atoms with E-state index in [4.69, 9.17) is 0 Å². The van der Waals surface area contributed by atoms with Gasteiger partial charge in [0.05, 0.1) is 18.8 Å². The van der Waals surface area contributed by atoms with E-state index >= 15 is 0 Å². The van der Waals surface area contributed by atoms with Crippen molar-refractivity contribution in [1.29, 1.82) is 0 Å². The molecule has 2 aromatic carbocycles. The van der Waals surface area contributed by atoms with Crippen LogP contribution >= 0.6 is 0 Å². The number of carbonyl (C=O) groups is 1. The van der Waals surface area contributed by atoms with E-state index in [9.17, 15) is 4.79 Å². The van der Waals surface area contributed by atoms with Gasteiger partial charge in [0.1, 0.15) is 0 Å². The Morgan fingerprint density at radius 1 is 1.07 bits per heavy atom. The van der Waals surface area contributed by atoms with Gasteiger partial charge < -0.3 is 10.2 Å². The van der Waals surface area contributed by atoms with Gasteiger partial charge in [0.2, 0.25) is 0 Å². The van der Waals surface area contributed by atoms with Gasteiger partial charge in [-0.1, -0.05) is 60.7 Å². The fourth-order valence-corrected chi connectivity index (χ4v) is 2.88. The predicted octanol–water partition coefficient (Wildman–Crippen LogP) is 3.88. The van der Waals surface area contributed by atoms with Crippen LogP contribution in [0, 0.1) is 0 Å². The first-order valence-electron chi connectivity index (χ1n) is 9.23. The lowest BCUT2D eigenvalue weighted by atomic mass is 10.1. The zero-order valence-electron chi connectivity index (χ0n) is 15.9. The first-order valence-corrected chi connectivity index (χ1v) is 9.23. The molecular formula is C22H26N4O. The number of amides is 2. The average Bonchev–Trinajstić information content (AvgIpc) is 3.16. The number of urea groups is 1. The monoisotopic (exact) mass is 362 g/mol. The van der Waals surface area contributed by atoms with Gasteiger partial charge in [-0.05, 0) is 24.5 Å². The van der Waals surface area contributed by atoms with Gasteiger partial charge in [-0.25, -0.2) is 4.79 Å². The van der Waals surface area contributed by atoms with Crippen molar-refractivity contribution in [3.05, 3.63) is 89.7 Å². The lowest BCUT2D eigenvalue weighted by Crippen LogP contribution is -2.39. The Hall–Kier alpha value is -3.08. The highest BCUT2D eigenvalue weighted by Gasteiger charge is 2.14. The second kappa shape index (κ2) is 9.03. The number of hydrogen-bond acceptors (Lipinski definition) is 2. The van der Waals surface area contributed by atoms with Crippen molar-refractivity contribution < 1.29 is 4.79 Å². The Morgan fingerprint density at radius 3 is 2.37 bits per heavy atom. The summed E-state index contributed by atoms with van der Waals surface area (Å²) in [7, 11) is 1.82. The number of benzene rings is 2. The lowest BCUT2D eigenvalue weighted by molar-refractivity contribution is 0.206. The number of carbonyl (C=O) groups excluding carboxylic acids is 1. The van der Waals surface area contributed by atoms with Gasteiger partial charge in [-0.3, -0.25) is 4.68 Å². The van der Waals surface area contributed by atoms with Crippen LogP contribution in [-0.2, 0) is 13.0 Å². The summed E-state index contributed by atoms with van der Waals surface area (Å²) in [6.07, 6.45) is 4.65. The molecule has 0 bridgehead atoms. The molecule has 1 N–H and O–H groups in total. The lowest BCUT2D eigenvalue weighted by Gasteiger charge is -2.21. The third-order valence-electron chi connectivity index (χ3n) is 4.61. The minimum Gasteiger partial charge on any atom is -0.331 e. The van der Waals surface area contributed by atoms with Gasteiger partial charge in [0, 0.05) is 25.4 Å². The molecule has 1 aromatic heterocycles. The minimum absolute atomic E-state index is 0.0748. The van der Waals surface area contributed by atoms with Crippen molar-refractivity contribution in [3.8, 4) is 0 Å². The molecule has 0 fully saturated rings. The van der Waals surface area contributed by atoms with Crippen molar-refractivity contribution in [2.45, 2.75) is 25.9 Å². The third kappa shape index (κ3) is 5.45. The molecule has 0 aliphatic heterocycles. The number of aromatic nitrogens is 2. The van der Waals surface area contributed by atoms with Crippen LogP contribution in [0.15, 0.2) is 73.1 Å². The molecule has 0 saturated carbocycles. The summed E-state index contributed by atoms with van der Waals surface area (Å²) in [5.41, 5.74) is 3.42. The topological polar surface area (TPSA) is 50.2 Å². The molecule has 5 heteroatoms. The summed E-state index contributed by atoms with van der Waals surface area (Å²) in [4.78, 5) is 14.2. The van der Waals surface area contributed by atoms with Crippen LogP contribution in [0.1, 0.15) is 29.7 Å². The largest absolute Gasteiger partial charge is 0.331 e. The number of hydrogen-bond donors (Lipinski definition) is 1. The van der Waals surface area contributed by atoms with Crippen LogP contribution in [0.4, 0.5) is 4.79 Å². The second-order valence-corrected chi connectivity index (χ2v) is 6.79. The highest BCUT2D eigenvalue weighted by molar-refractivity contribution is 5.74. The van der Waals surface area contributed by atoms with Crippen molar-refractivity contribution in [2.75, 3.05) is 13.6 Å². The molecule has 3 aromatic rings. The Morgan fingerprint density at radius 2 is 1.70 bits per heavy atom. The maximum Gasteiger partial charge on any atom is 0.317 e. The smallest absolute Gasteiger partial charge is 0.317 e. The van der Waals surface area contributed by atoms with Gasteiger partial charge in [0.25, 0.3) is 0 Å². The molecule has 0 saturated heterocycles. The van der Waals surface area contributed by atoms with Crippen molar-refractivity contribution in [2.24, 2.45) is 0 Å². The number of nitrogens with one attached hydrogen (secondary N) is 1. The van der Waals surface area contributed by atoms with E-state index in [-0.39, 0.29) is 12.1 Å². The molecule has 27 heavy (non-hydrogen) atoms. The zero-order chi connectivity index (χ0) is 19.1. The summed E-state index contributed by atoms with van der Waals surface area (Å²) in [6, 6.07) is 20.2. The van der Waals surface area contributed by atoms with Crippen LogP contribution < -0.4 is 5.32 Å². The Bertz CT molecular complexity index is 845. The van der Waals surface area contributed by atoms with Crippen molar-refractivity contribution >= 4 is 6.03 Å². The first-order chi connectivity index (χ1) is 13.1. The predicted molar refractivity (Wildman–Crippen MR) is 107 cm³/mol. The standard InChI is InChI=1S/C22H26N4O/c1-18(21-15-23-26(17-21)16-20-11-7-4-8-12-20)24-22(27)25(2)14-13-19-9-5-3-6-10-19/h3-12,15,17-18H,13-14,16H2,1-2H3,(H,24,27). The maximum absolute atomic E-state index is 12.4. The number of nitrogens with zero attached hydrogens (tertiary/aromatic N) is 3. The van der Waals surface area contributed by atoms with E-state index in [2.05, 4.69) is 34.7 Å². The minimum atomic E-state index is -0.0961. The number of likely N-dealkylation sites (N-methyl/N-ethyl adjacent to an activating group) is 1. The zero-order valence-corrected chi connectivity index (χ0v) is 15.9. The Labute approximate surface area is 160 Å². The van der Waals surface area contributed by atoms with Crippen LogP contribution in [0.2, 0.25) is 0 Å². The normalized spacial score (nSPS) is 11.8. The molecule has 1 heterocycles. The number of rotatable bonds is 7. The highest BCUT2D eigenvalue weighted by Crippen LogP contribution is 2.13. The molecule has 1 atom stereocenters. The quantitative estimate of drug-likeness (QED) is 0.693. The average molecular weight is 362 g/mol. The molecule has 0 radical (unpaired) electrons. The van der Waals surface area contributed by atoms with E-state index < -0.39 is 0 Å². The molecule has 2 amide bonds. The molecule has 0 aliphatic carbocycles. The van der Waals surface area contributed by atoms with Gasteiger partial charge in [-0.15, -0.1) is 0 Å². The van der Waals surface area contributed by atoms with Crippen LogP contribution in [-0.4, -0.2) is 34.3 Å². The summed E-state index contributed by atoms with van der Waals surface area (Å²) in [6.45, 7) is 3.38. The first kappa shape index (κ1) is 18.7. The van der Waals surface area contributed by atoms with Crippen LogP contribution in [0.25, 0.3) is 0 Å². The summed E-state index contributed by atoms with van der Waals surface area (Å²) < 4.78 is 1.90. The van der Waals surface area contributed by atoms with Gasteiger partial charge >= 0.3 is 6.03 Å². The van der Waals surface area contributed by atoms with Crippen LogP contribution in [0.3, 0.4) is 0 Å². The van der Waals surface area contributed by atoms with E-state index in [1.807, 2.05) is 67.4 Å². The summed E-state index contributed by atoms with van der Waals surface area (Å²) in [5.74, 6) is 0. The second-order valence-electron chi connectivity index (χ2n) is 6.79. The van der Waals surface area contributed by atoms with Gasteiger partial charge in [0.15, 0.2) is 0 Å². The van der Waals surface area contributed by atoms with E-state index in [1.165, 1.54) is 11.1 Å². The van der Waals surface area contributed by atoms with Crippen molar-refractivity contribution in [3.63, 3.8) is 0 Å². The van der Waals surface area contributed by atoms with Crippen molar-refractivity contribution in [1.82, 2.24) is 20.0 Å². The molecule has 140 valence electrons. The Balaban J connectivity index is 1.50. The van der Waals surface area contributed by atoms with Crippen LogP contribution in [0.5, 0.6) is 0 Å². The SMILES string of the molecule is CC(NC(=O)N(C)CCc1ccccc1)c1cnn(Cc2ccccc2)c1.